The number of rotatable bonds is 2. The van der Waals surface area contributed by atoms with E-state index in [1.165, 1.54) is 0 Å². The Morgan fingerprint density at radius 1 is 0.463 bits per heavy atom. The van der Waals surface area contributed by atoms with Crippen LogP contribution in [0.3, 0.4) is 0 Å². The SMILES string of the molecule is [2H]c1c([2H])c([2H])c(-c2ccc3cc4c(cc3c2)oc2cccc(-c3c5c([2H])c([2H])c([2H])c([2H])c5c([2H])c5c3c([2H])c([2H])c3c([2H])c([2H])c([2H])c([2H])c35)c24)c([2H])c1[2H]. The highest BCUT2D eigenvalue weighted by Gasteiger charge is 2.18. The maximum absolute atomic E-state index is 9.41. The summed E-state index contributed by atoms with van der Waals surface area (Å²) in [5.74, 6) is 0. The smallest absolute Gasteiger partial charge is 0.136 e. The molecule has 8 aromatic carbocycles. The van der Waals surface area contributed by atoms with Gasteiger partial charge in [-0.05, 0) is 95.7 Å². The molecule has 190 valence electrons. The van der Waals surface area contributed by atoms with Crippen molar-refractivity contribution in [2.75, 3.05) is 0 Å². The van der Waals surface area contributed by atoms with Crippen LogP contribution in [0.25, 0.3) is 87.3 Å². The van der Waals surface area contributed by atoms with Crippen LogP contribution in [0.5, 0.6) is 0 Å². The van der Waals surface area contributed by atoms with E-state index in [4.69, 9.17) is 23.6 Å². The molecule has 0 saturated heterocycles. The Balaban J connectivity index is 1.45. The first-order valence-electron chi connectivity index (χ1n) is 20.8. The highest BCUT2D eigenvalue weighted by atomic mass is 16.3. The van der Waals surface area contributed by atoms with Crippen molar-refractivity contribution in [3.63, 3.8) is 0 Å². The van der Waals surface area contributed by atoms with E-state index in [1.54, 1.807) is 42.5 Å². The Labute approximate surface area is 259 Å². The zero-order chi connectivity index (χ0) is 40.8. The Morgan fingerprint density at radius 3 is 2.17 bits per heavy atom. The molecule has 0 fully saturated rings. The summed E-state index contributed by atoms with van der Waals surface area (Å²) < 4.78 is 145. The van der Waals surface area contributed by atoms with E-state index in [-0.39, 0.29) is 55.5 Å². The lowest BCUT2D eigenvalue weighted by Gasteiger charge is -2.15. The van der Waals surface area contributed by atoms with Crippen LogP contribution in [0.2, 0.25) is 0 Å². The van der Waals surface area contributed by atoms with Crippen molar-refractivity contribution in [1.29, 1.82) is 0 Å². The Morgan fingerprint density at radius 2 is 1.27 bits per heavy atom. The van der Waals surface area contributed by atoms with Crippen LogP contribution in [0.4, 0.5) is 0 Å². The fourth-order valence-corrected chi connectivity index (χ4v) is 5.66. The average Bonchev–Trinajstić information content (AvgIpc) is 3.56. The van der Waals surface area contributed by atoms with Crippen molar-refractivity contribution < 1.29 is 26.3 Å². The van der Waals surface area contributed by atoms with Crippen molar-refractivity contribution in [2.45, 2.75) is 0 Å². The summed E-state index contributed by atoms with van der Waals surface area (Å²) in [6, 6.07) is 5.26. The summed E-state index contributed by atoms with van der Waals surface area (Å²) >= 11 is 0. The van der Waals surface area contributed by atoms with E-state index in [9.17, 15) is 2.74 Å². The molecule has 0 N–H and O–H groups in total. The van der Waals surface area contributed by atoms with E-state index in [1.807, 2.05) is 6.07 Å². The Kier molecular flexibility index (Phi) is 2.50. The fourth-order valence-electron chi connectivity index (χ4n) is 5.66. The molecule has 0 atom stereocenters. The quantitative estimate of drug-likeness (QED) is 0.158. The molecular weight excluding hydrogens is 496 g/mol. The van der Waals surface area contributed by atoms with Crippen molar-refractivity contribution >= 4 is 65.0 Å². The zero-order valence-electron chi connectivity index (χ0n) is 37.0. The van der Waals surface area contributed by atoms with Gasteiger partial charge < -0.3 is 4.42 Å². The first-order valence-corrected chi connectivity index (χ1v) is 12.8. The van der Waals surface area contributed by atoms with Crippen LogP contribution in [-0.4, -0.2) is 0 Å². The summed E-state index contributed by atoms with van der Waals surface area (Å²) in [5, 5.41) is 1.16. The Bertz CT molecular complexity index is 3340. The number of benzene rings is 8. The normalized spacial score (nSPS) is 17.4. The largest absolute Gasteiger partial charge is 0.456 e. The third-order valence-corrected chi connectivity index (χ3v) is 7.45. The minimum absolute atomic E-state index is 0.0355. The average molecular weight is 537 g/mol. The van der Waals surface area contributed by atoms with Crippen LogP contribution >= 0.6 is 0 Å². The van der Waals surface area contributed by atoms with Crippen molar-refractivity contribution in [2.24, 2.45) is 0 Å². The van der Waals surface area contributed by atoms with E-state index in [0.29, 0.717) is 43.8 Å². The fraction of sp³-hybridized carbons (Fsp3) is 0. The highest BCUT2D eigenvalue weighted by molar-refractivity contribution is 6.25. The van der Waals surface area contributed by atoms with Gasteiger partial charge in [-0.1, -0.05) is 115 Å². The topological polar surface area (TPSA) is 13.1 Å². The van der Waals surface area contributed by atoms with Gasteiger partial charge in [0.25, 0.3) is 0 Å². The standard InChI is InChI=1S/C40H24O/c1-2-9-25(10-3-1)27-17-18-28-22-36-38(24-30(28)21-27)41-37-16-8-15-34(40(36)37)39-32-14-7-5-12-29(32)23-35-31-13-6-4-11-26(31)19-20-33(35)39/h1-24H/i1D,2D,3D,4D,5D,6D,7D,9D,10D,11D,12D,13D,14D,19D,20D,23D. The van der Waals surface area contributed by atoms with Gasteiger partial charge in [0.1, 0.15) is 11.2 Å². The molecule has 0 amide bonds. The first kappa shape index (κ1) is 12.0. The molecule has 1 nitrogen and oxygen atoms in total. The van der Waals surface area contributed by atoms with Gasteiger partial charge in [-0.2, -0.15) is 0 Å². The summed E-state index contributed by atoms with van der Waals surface area (Å²) in [4.78, 5) is 0. The predicted octanol–water partition coefficient (Wildman–Crippen LogP) is 11.5. The van der Waals surface area contributed by atoms with Crippen LogP contribution < -0.4 is 0 Å². The second-order valence-corrected chi connectivity index (χ2v) is 9.69. The zero-order valence-corrected chi connectivity index (χ0v) is 21.0. The molecule has 9 aromatic rings. The van der Waals surface area contributed by atoms with Crippen LogP contribution in [0.1, 0.15) is 21.9 Å². The molecule has 0 spiro atoms. The molecule has 0 aliphatic carbocycles. The third-order valence-electron chi connectivity index (χ3n) is 7.45. The number of hydrogen-bond donors (Lipinski definition) is 0. The molecule has 0 unspecified atom stereocenters. The van der Waals surface area contributed by atoms with E-state index < -0.39 is 84.6 Å². The van der Waals surface area contributed by atoms with Gasteiger partial charge in [0, 0.05) is 10.8 Å². The minimum atomic E-state index is -0.633. The molecule has 0 radical (unpaired) electrons. The van der Waals surface area contributed by atoms with E-state index >= 15 is 0 Å². The summed E-state index contributed by atoms with van der Waals surface area (Å²) in [6.45, 7) is 0. The summed E-state index contributed by atoms with van der Waals surface area (Å²) in [6.07, 6.45) is 0. The first-order chi connectivity index (χ1) is 27.0. The maximum Gasteiger partial charge on any atom is 0.136 e. The molecule has 1 aromatic heterocycles. The summed E-state index contributed by atoms with van der Waals surface area (Å²) in [7, 11) is 0. The number of furan rings is 1. The van der Waals surface area contributed by atoms with E-state index in [2.05, 4.69) is 0 Å². The van der Waals surface area contributed by atoms with Gasteiger partial charge in [0.15, 0.2) is 0 Å². The molecule has 1 heteroatoms. The molecule has 0 aliphatic heterocycles. The second-order valence-electron chi connectivity index (χ2n) is 9.69. The molecule has 9 rings (SSSR count). The van der Waals surface area contributed by atoms with Crippen LogP contribution in [-0.2, 0) is 0 Å². The van der Waals surface area contributed by atoms with Gasteiger partial charge in [-0.15, -0.1) is 0 Å². The lowest BCUT2D eigenvalue weighted by atomic mass is 9.88. The predicted molar refractivity (Wildman–Crippen MR) is 175 cm³/mol. The lowest BCUT2D eigenvalue weighted by molar-refractivity contribution is 0.669. The van der Waals surface area contributed by atoms with Crippen LogP contribution in [0.15, 0.2) is 150 Å². The van der Waals surface area contributed by atoms with Gasteiger partial charge in [0.05, 0.1) is 21.9 Å². The molecule has 41 heavy (non-hydrogen) atoms. The molecule has 0 bridgehead atoms. The third kappa shape index (κ3) is 3.36. The minimum Gasteiger partial charge on any atom is -0.456 e. The number of hydrogen-bond acceptors (Lipinski definition) is 1. The van der Waals surface area contributed by atoms with Crippen molar-refractivity contribution in [3.05, 3.63) is 145 Å². The lowest BCUT2D eigenvalue weighted by Crippen LogP contribution is -1.88. The maximum atomic E-state index is 9.41. The molecule has 1 heterocycles. The number of fused-ring (bicyclic) bond motifs is 8. The summed E-state index contributed by atoms with van der Waals surface area (Å²) in [5.41, 5.74) is 1.49. The van der Waals surface area contributed by atoms with Crippen LogP contribution in [0, 0.1) is 0 Å². The van der Waals surface area contributed by atoms with Gasteiger partial charge in [-0.25, -0.2) is 0 Å². The highest BCUT2D eigenvalue weighted by Crippen LogP contribution is 2.45. The van der Waals surface area contributed by atoms with E-state index in [0.717, 1.165) is 0 Å². The molecule has 0 aliphatic rings. The van der Waals surface area contributed by atoms with Gasteiger partial charge >= 0.3 is 0 Å². The Hall–Kier alpha value is -5.40. The molecular formula is C40H24O. The van der Waals surface area contributed by atoms with Gasteiger partial charge in [0.2, 0.25) is 0 Å². The second kappa shape index (κ2) is 8.55. The monoisotopic (exact) mass is 536 g/mol. The molecule has 0 saturated carbocycles. The van der Waals surface area contributed by atoms with Crippen molar-refractivity contribution in [3.8, 4) is 22.3 Å². The van der Waals surface area contributed by atoms with Gasteiger partial charge in [-0.3, -0.25) is 0 Å². The van der Waals surface area contributed by atoms with Crippen molar-refractivity contribution in [1.82, 2.24) is 0 Å².